The summed E-state index contributed by atoms with van der Waals surface area (Å²) in [7, 11) is 0. The van der Waals surface area contributed by atoms with Crippen LogP contribution in [-0.2, 0) is 30.1 Å². The van der Waals surface area contributed by atoms with Gasteiger partial charge in [0.25, 0.3) is 0 Å². The van der Waals surface area contributed by atoms with E-state index >= 15 is 0 Å². The highest BCUT2D eigenvalue weighted by molar-refractivity contribution is 6.12. The average molecular weight is 779 g/mol. The van der Waals surface area contributed by atoms with Gasteiger partial charge in [0.1, 0.15) is 0 Å². The first-order chi connectivity index (χ1) is 29.0. The van der Waals surface area contributed by atoms with Crippen LogP contribution < -0.4 is 0 Å². The van der Waals surface area contributed by atoms with E-state index in [0.717, 1.165) is 37.1 Å². The molecular weight excluding hydrogens is 729 g/mol. The second kappa shape index (κ2) is 13.5. The maximum atomic E-state index is 4.41. The first-order valence-electron chi connectivity index (χ1n) is 21.5. The molecule has 5 aromatic carbocycles. The molecular formula is C56H50N4. The van der Waals surface area contributed by atoms with Crippen LogP contribution in [0.3, 0.4) is 0 Å². The van der Waals surface area contributed by atoms with Gasteiger partial charge in [-0.05, 0) is 159 Å². The van der Waals surface area contributed by atoms with Crippen LogP contribution >= 0.6 is 0 Å². The van der Waals surface area contributed by atoms with Crippen LogP contribution in [-0.4, -0.2) is 19.1 Å². The molecule has 0 N–H and O–H groups in total. The number of hydrogen-bond donors (Lipinski definition) is 0. The zero-order valence-corrected chi connectivity index (χ0v) is 35.5. The standard InChI is InChI=1S/C56H50N4/c1-55(2,3)41-15-9-35(10-16-41)37-13-19-51-47(29-37)49-31-39-7-8-40-32-50-48-30-38(36-11-17-42(18-12-36)56(4,5)6)14-20-52(48)60(44-23-27-58-28-24-44)54(50)34-46(40)45(39)33-53(49)59(51)43-21-25-57-26-22-43/h9-13,15-19,21-34H,7-8,14,20H2,1-6H3. The van der Waals surface area contributed by atoms with Crippen molar-refractivity contribution in [3.05, 3.63) is 179 Å². The highest BCUT2D eigenvalue weighted by Crippen LogP contribution is 2.46. The number of aryl methyl sites for hydroxylation is 2. The van der Waals surface area contributed by atoms with Gasteiger partial charge < -0.3 is 9.13 Å². The van der Waals surface area contributed by atoms with E-state index < -0.39 is 0 Å². The minimum absolute atomic E-state index is 0.116. The molecule has 0 aliphatic heterocycles. The van der Waals surface area contributed by atoms with Gasteiger partial charge in [0.2, 0.25) is 0 Å². The van der Waals surface area contributed by atoms with Crippen LogP contribution in [0.2, 0.25) is 0 Å². The minimum atomic E-state index is 0.116. The third kappa shape index (κ3) is 5.95. The fourth-order valence-electron chi connectivity index (χ4n) is 9.97. The van der Waals surface area contributed by atoms with Crippen LogP contribution in [0.4, 0.5) is 0 Å². The predicted molar refractivity (Wildman–Crippen MR) is 252 cm³/mol. The van der Waals surface area contributed by atoms with E-state index in [9.17, 15) is 0 Å². The van der Waals surface area contributed by atoms with E-state index in [4.69, 9.17) is 0 Å². The van der Waals surface area contributed by atoms with Crippen molar-refractivity contribution in [2.24, 2.45) is 0 Å². The van der Waals surface area contributed by atoms with Gasteiger partial charge in [0.05, 0.1) is 16.6 Å². The van der Waals surface area contributed by atoms with Gasteiger partial charge in [-0.15, -0.1) is 0 Å². The molecule has 0 saturated heterocycles. The second-order valence-corrected chi connectivity index (χ2v) is 19.1. The van der Waals surface area contributed by atoms with Gasteiger partial charge in [0.15, 0.2) is 0 Å². The topological polar surface area (TPSA) is 35.6 Å². The second-order valence-electron chi connectivity index (χ2n) is 19.1. The molecule has 0 radical (unpaired) electrons. The largest absolute Gasteiger partial charge is 0.313 e. The van der Waals surface area contributed by atoms with Crippen molar-refractivity contribution in [1.29, 1.82) is 0 Å². The van der Waals surface area contributed by atoms with Crippen molar-refractivity contribution in [3.8, 4) is 33.6 Å². The van der Waals surface area contributed by atoms with Crippen molar-refractivity contribution in [3.63, 3.8) is 0 Å². The Balaban J connectivity index is 1.10. The Labute approximate surface area is 352 Å². The molecule has 0 spiro atoms. The molecule has 0 unspecified atom stereocenters. The summed E-state index contributed by atoms with van der Waals surface area (Å²) in [6.45, 7) is 13.7. The van der Waals surface area contributed by atoms with Gasteiger partial charge >= 0.3 is 0 Å². The zero-order valence-electron chi connectivity index (χ0n) is 35.5. The van der Waals surface area contributed by atoms with E-state index in [1.54, 1.807) is 0 Å². The first-order valence-corrected chi connectivity index (χ1v) is 21.5. The molecule has 0 fully saturated rings. The Morgan fingerprint density at radius 1 is 0.433 bits per heavy atom. The number of nitrogens with zero attached hydrogens (tertiary/aromatic N) is 4. The maximum absolute atomic E-state index is 4.41. The highest BCUT2D eigenvalue weighted by Gasteiger charge is 2.27. The monoisotopic (exact) mass is 778 g/mol. The van der Waals surface area contributed by atoms with Gasteiger partial charge in [0, 0.05) is 63.6 Å². The summed E-state index contributed by atoms with van der Waals surface area (Å²) in [5.41, 5.74) is 22.4. The van der Waals surface area contributed by atoms with Gasteiger partial charge in [-0.1, -0.05) is 96.1 Å². The number of pyridine rings is 2. The van der Waals surface area contributed by atoms with Crippen LogP contribution in [0.15, 0.2) is 140 Å². The fraction of sp³-hybridized carbons (Fsp3) is 0.214. The summed E-state index contributed by atoms with van der Waals surface area (Å²) in [5.74, 6) is 0. The van der Waals surface area contributed by atoms with Crippen LogP contribution in [0.1, 0.15) is 87.0 Å². The molecule has 60 heavy (non-hydrogen) atoms. The van der Waals surface area contributed by atoms with Gasteiger partial charge in [-0.3, -0.25) is 9.97 Å². The Hall–Kier alpha value is -6.52. The first kappa shape index (κ1) is 36.6. The van der Waals surface area contributed by atoms with Crippen LogP contribution in [0, 0.1) is 0 Å². The number of rotatable bonds is 4. The summed E-state index contributed by atoms with van der Waals surface area (Å²) in [4.78, 5) is 8.80. The lowest BCUT2D eigenvalue weighted by atomic mass is 9.83. The lowest BCUT2D eigenvalue weighted by Crippen LogP contribution is -2.10. The number of benzene rings is 5. The maximum Gasteiger partial charge on any atom is 0.0547 e. The Kier molecular flexibility index (Phi) is 8.23. The van der Waals surface area contributed by atoms with Crippen molar-refractivity contribution in [2.75, 3.05) is 0 Å². The number of aromatic nitrogens is 4. The molecule has 0 amide bonds. The van der Waals surface area contributed by atoms with Crippen molar-refractivity contribution in [2.45, 2.75) is 78.1 Å². The third-order valence-corrected chi connectivity index (χ3v) is 13.3. The quantitative estimate of drug-likeness (QED) is 0.178. The third-order valence-electron chi connectivity index (χ3n) is 13.3. The molecule has 294 valence electrons. The summed E-state index contributed by atoms with van der Waals surface area (Å²) in [5, 5.41) is 3.91. The smallest absolute Gasteiger partial charge is 0.0547 e. The fourth-order valence-corrected chi connectivity index (χ4v) is 9.97. The highest BCUT2D eigenvalue weighted by atomic mass is 15.0. The SMILES string of the molecule is CC(C)(C)c1ccc(C2=Cc3c(n(-c4ccncc4)c4cc5c(cc34)CCc3cc4c6cc(-c7ccc(C(C)(C)C)cc7)ccc6n(-c6ccncc6)c4cc3-5)CC2)cc1. The Morgan fingerprint density at radius 3 is 1.52 bits per heavy atom. The molecule has 0 bridgehead atoms. The average Bonchev–Trinajstić information content (AvgIpc) is 3.75. The molecule has 0 saturated carbocycles. The van der Waals surface area contributed by atoms with Crippen LogP contribution in [0.5, 0.6) is 0 Å². The van der Waals surface area contributed by atoms with E-state index in [1.165, 1.54) is 99.6 Å². The Bertz CT molecular complexity index is 3160. The summed E-state index contributed by atoms with van der Waals surface area (Å²) < 4.78 is 4.95. The molecule has 2 aliphatic rings. The molecule has 2 aliphatic carbocycles. The number of hydrogen-bond acceptors (Lipinski definition) is 2. The van der Waals surface area contributed by atoms with E-state index in [2.05, 4.69) is 182 Å². The normalized spacial score (nSPS) is 14.0. The summed E-state index contributed by atoms with van der Waals surface area (Å²) in [6.07, 6.45) is 14.1. The number of allylic oxidation sites excluding steroid dienone is 1. The van der Waals surface area contributed by atoms with Gasteiger partial charge in [-0.2, -0.15) is 0 Å². The molecule has 4 heterocycles. The van der Waals surface area contributed by atoms with Gasteiger partial charge in [-0.25, -0.2) is 0 Å². The van der Waals surface area contributed by atoms with Crippen molar-refractivity contribution < 1.29 is 0 Å². The lowest BCUT2D eigenvalue weighted by molar-refractivity contribution is 0.590. The van der Waals surface area contributed by atoms with Crippen molar-refractivity contribution in [1.82, 2.24) is 19.1 Å². The molecule has 4 nitrogen and oxygen atoms in total. The van der Waals surface area contributed by atoms with E-state index in [-0.39, 0.29) is 10.8 Å². The number of fused-ring (bicyclic) bond motifs is 9. The molecule has 4 heteroatoms. The molecule has 4 aromatic heterocycles. The molecule has 0 atom stereocenters. The van der Waals surface area contributed by atoms with Crippen molar-refractivity contribution >= 4 is 44.4 Å². The zero-order chi connectivity index (χ0) is 40.9. The molecule has 9 aromatic rings. The Morgan fingerprint density at radius 2 is 0.933 bits per heavy atom. The minimum Gasteiger partial charge on any atom is -0.313 e. The predicted octanol–water partition coefficient (Wildman–Crippen LogP) is 14.0. The summed E-state index contributed by atoms with van der Waals surface area (Å²) >= 11 is 0. The van der Waals surface area contributed by atoms with E-state index in [0.29, 0.717) is 0 Å². The lowest BCUT2D eigenvalue weighted by Gasteiger charge is -2.21. The van der Waals surface area contributed by atoms with E-state index in [1.807, 2.05) is 24.8 Å². The van der Waals surface area contributed by atoms with Crippen LogP contribution in [0.25, 0.3) is 78.0 Å². The molecule has 11 rings (SSSR count). The summed E-state index contributed by atoms with van der Waals surface area (Å²) in [6, 6.07) is 44.0.